The number of esters is 2. The lowest BCUT2D eigenvalue weighted by atomic mass is 10.2. The Balaban J connectivity index is 4.52. The van der Waals surface area contributed by atoms with Gasteiger partial charge in [0.1, 0.15) is 12.7 Å². The first-order valence-corrected chi connectivity index (χ1v) is 22.8. The lowest BCUT2D eigenvalue weighted by Crippen LogP contribution is -2.29. The van der Waals surface area contributed by atoms with Crippen molar-refractivity contribution < 1.29 is 52.9 Å². The van der Waals surface area contributed by atoms with Crippen molar-refractivity contribution in [2.45, 2.75) is 148 Å². The number of unbranched alkanes of at least 4 members (excludes halogenated alkanes) is 8. The minimum absolute atomic E-state index is 0.0809. The fourth-order valence-corrected chi connectivity index (χ4v) is 5.75. The number of rotatable bonds is 39. The fraction of sp³-hybridized carbons (Fsp3) is 0.609. The number of hydrogen-bond donors (Lipinski definition) is 4. The number of aliphatic hydroxyl groups is 3. The van der Waals surface area contributed by atoms with Crippen LogP contribution in [0.15, 0.2) is 97.2 Å². The molecule has 1 unspecified atom stereocenters. The van der Waals surface area contributed by atoms with Crippen molar-refractivity contribution in [3.05, 3.63) is 97.2 Å². The van der Waals surface area contributed by atoms with Gasteiger partial charge in [0, 0.05) is 19.4 Å². The molecule has 330 valence electrons. The number of ether oxygens (including phenoxy) is 2. The summed E-state index contributed by atoms with van der Waals surface area (Å²) in [5.74, 6) is -1.08. The van der Waals surface area contributed by atoms with Crippen LogP contribution in [-0.2, 0) is 32.7 Å². The topological polar surface area (TPSA) is 169 Å². The van der Waals surface area contributed by atoms with E-state index in [9.17, 15) is 24.2 Å². The quantitative estimate of drug-likeness (QED) is 0.0201. The summed E-state index contributed by atoms with van der Waals surface area (Å²) in [6, 6.07) is 0. The van der Waals surface area contributed by atoms with Crippen LogP contribution < -0.4 is 0 Å². The van der Waals surface area contributed by atoms with E-state index in [2.05, 4.69) is 84.4 Å². The van der Waals surface area contributed by atoms with Crippen molar-refractivity contribution >= 4 is 19.8 Å². The van der Waals surface area contributed by atoms with Crippen molar-refractivity contribution in [1.29, 1.82) is 0 Å². The molecule has 0 radical (unpaired) electrons. The van der Waals surface area contributed by atoms with E-state index in [4.69, 9.17) is 24.2 Å². The first kappa shape index (κ1) is 54.9. The lowest BCUT2D eigenvalue weighted by Gasteiger charge is -2.20. The number of aliphatic hydroxyl groups excluding tert-OH is 3. The average molecular weight is 835 g/mol. The van der Waals surface area contributed by atoms with Gasteiger partial charge in [-0.3, -0.25) is 18.6 Å². The van der Waals surface area contributed by atoms with E-state index in [1.165, 1.54) is 19.3 Å². The minimum atomic E-state index is -4.66. The predicted octanol–water partition coefficient (Wildman–Crippen LogP) is 10.2. The molecule has 58 heavy (non-hydrogen) atoms. The standard InChI is InChI=1S/C46H75O11P/c1-2-3-4-5-6-7-8-9-10-12-15-18-21-24-27-30-33-36-45(50)54-41-44(42-56-58(52,53)55-40-43(49)39-48)57-46(51)37-34-31-28-25-22-19-16-13-11-14-17-20-23-26-29-32-35-38-47/h6-7,9-11,14-16,18-20,23-25,27-28,43-44,47-49H,2-5,8,12-13,17,21-22,26,29-42H2,1H3,(H,52,53)/b7-6-,10-9-,14-11-,18-15-,19-16-,23-20-,27-24-,28-25-/t43-,44+/m0/s1. The highest BCUT2D eigenvalue weighted by Gasteiger charge is 2.27. The third-order valence-electron chi connectivity index (χ3n) is 8.27. The van der Waals surface area contributed by atoms with Crippen LogP contribution in [0.2, 0.25) is 0 Å². The second kappa shape index (κ2) is 42.0. The summed E-state index contributed by atoms with van der Waals surface area (Å²) in [7, 11) is -4.66. The molecule has 0 aromatic heterocycles. The van der Waals surface area contributed by atoms with E-state index in [1.807, 2.05) is 24.3 Å². The molecule has 0 aromatic carbocycles. The van der Waals surface area contributed by atoms with E-state index in [-0.39, 0.29) is 26.1 Å². The first-order chi connectivity index (χ1) is 28.2. The highest BCUT2D eigenvalue weighted by Crippen LogP contribution is 2.43. The number of hydrogen-bond acceptors (Lipinski definition) is 10. The Morgan fingerprint density at radius 3 is 1.40 bits per heavy atom. The molecule has 12 heteroatoms. The van der Waals surface area contributed by atoms with Crippen LogP contribution in [-0.4, -0.2) is 77.4 Å². The van der Waals surface area contributed by atoms with Crippen molar-refractivity contribution in [2.75, 3.05) is 33.0 Å². The number of carbonyl (C=O) groups is 2. The minimum Gasteiger partial charge on any atom is -0.462 e. The van der Waals surface area contributed by atoms with Gasteiger partial charge in [-0.25, -0.2) is 4.57 Å². The molecule has 0 aromatic rings. The highest BCUT2D eigenvalue weighted by molar-refractivity contribution is 7.47. The maximum Gasteiger partial charge on any atom is 0.472 e. The first-order valence-electron chi connectivity index (χ1n) is 21.3. The molecule has 0 spiro atoms. The van der Waals surface area contributed by atoms with Crippen molar-refractivity contribution in [3.63, 3.8) is 0 Å². The van der Waals surface area contributed by atoms with Gasteiger partial charge in [0.05, 0.1) is 19.8 Å². The van der Waals surface area contributed by atoms with Crippen LogP contribution in [0.25, 0.3) is 0 Å². The third kappa shape index (κ3) is 41.0. The van der Waals surface area contributed by atoms with Crippen LogP contribution in [0.1, 0.15) is 135 Å². The zero-order chi connectivity index (χ0) is 42.6. The molecule has 0 heterocycles. The van der Waals surface area contributed by atoms with Crippen LogP contribution in [0.5, 0.6) is 0 Å². The Bertz CT molecular complexity index is 1280. The zero-order valence-electron chi connectivity index (χ0n) is 35.2. The van der Waals surface area contributed by atoms with E-state index in [0.717, 1.165) is 70.6 Å². The van der Waals surface area contributed by atoms with E-state index in [0.29, 0.717) is 25.7 Å². The molecule has 3 atom stereocenters. The van der Waals surface area contributed by atoms with Crippen LogP contribution in [0, 0.1) is 0 Å². The Morgan fingerprint density at radius 2 is 0.948 bits per heavy atom. The van der Waals surface area contributed by atoms with Crippen LogP contribution >= 0.6 is 7.82 Å². The highest BCUT2D eigenvalue weighted by atomic mass is 31.2. The molecule has 4 N–H and O–H groups in total. The summed E-state index contributed by atoms with van der Waals surface area (Å²) in [5, 5.41) is 27.1. The SMILES string of the molecule is CCCCC/C=C\C/C=C\C/C=C\C/C=C\CCCC(=O)OC[C@H](COP(=O)(O)OC[C@@H](O)CO)OC(=O)CCC/C=C\C/C=C\C/C=C\C/C=C\CCCCCO. The van der Waals surface area contributed by atoms with Gasteiger partial charge in [-0.05, 0) is 96.3 Å². The van der Waals surface area contributed by atoms with E-state index in [1.54, 1.807) is 0 Å². The molecule has 0 saturated heterocycles. The smallest absolute Gasteiger partial charge is 0.462 e. The van der Waals surface area contributed by atoms with Gasteiger partial charge < -0.3 is 29.7 Å². The molecule has 0 aliphatic carbocycles. The summed E-state index contributed by atoms with van der Waals surface area (Å²) in [4.78, 5) is 34.9. The molecule has 0 fully saturated rings. The summed E-state index contributed by atoms with van der Waals surface area (Å²) in [6.07, 6.45) is 48.3. The molecule has 11 nitrogen and oxygen atoms in total. The van der Waals surface area contributed by atoms with Gasteiger partial charge in [-0.2, -0.15) is 0 Å². The molecule has 0 amide bonds. The Kier molecular flexibility index (Phi) is 39.7. The van der Waals surface area contributed by atoms with Crippen molar-refractivity contribution in [3.8, 4) is 0 Å². The van der Waals surface area contributed by atoms with Crippen LogP contribution in [0.4, 0.5) is 0 Å². The maximum atomic E-state index is 12.6. The van der Waals surface area contributed by atoms with Crippen LogP contribution in [0.3, 0.4) is 0 Å². The summed E-state index contributed by atoms with van der Waals surface area (Å²) < 4.78 is 32.5. The molecule has 0 saturated carbocycles. The van der Waals surface area contributed by atoms with Gasteiger partial charge >= 0.3 is 19.8 Å². The summed E-state index contributed by atoms with van der Waals surface area (Å²) >= 11 is 0. The summed E-state index contributed by atoms with van der Waals surface area (Å²) in [5.41, 5.74) is 0. The molecular weight excluding hydrogens is 759 g/mol. The Hall–Kier alpha value is -3.15. The average Bonchev–Trinajstić information content (AvgIpc) is 3.21. The monoisotopic (exact) mass is 835 g/mol. The maximum absolute atomic E-state index is 12.6. The zero-order valence-corrected chi connectivity index (χ0v) is 36.1. The second-order valence-corrected chi connectivity index (χ2v) is 15.2. The molecular formula is C46H75O11P. The van der Waals surface area contributed by atoms with E-state index < -0.39 is 51.8 Å². The number of phosphoric acid groups is 1. The predicted molar refractivity (Wildman–Crippen MR) is 234 cm³/mol. The molecule has 0 rings (SSSR count). The Labute approximate surface area is 349 Å². The largest absolute Gasteiger partial charge is 0.472 e. The van der Waals surface area contributed by atoms with Gasteiger partial charge in [0.25, 0.3) is 0 Å². The van der Waals surface area contributed by atoms with Gasteiger partial charge in [-0.15, -0.1) is 0 Å². The molecule has 0 aliphatic rings. The number of carbonyl (C=O) groups excluding carboxylic acids is 2. The van der Waals surface area contributed by atoms with Gasteiger partial charge in [-0.1, -0.05) is 123 Å². The Morgan fingerprint density at radius 1 is 0.534 bits per heavy atom. The third-order valence-corrected chi connectivity index (χ3v) is 9.22. The summed E-state index contributed by atoms with van der Waals surface area (Å²) in [6.45, 7) is 0.198. The fourth-order valence-electron chi connectivity index (χ4n) is 4.96. The second-order valence-electron chi connectivity index (χ2n) is 13.7. The molecule has 0 bridgehead atoms. The van der Waals surface area contributed by atoms with E-state index >= 15 is 0 Å². The number of allylic oxidation sites excluding steroid dienone is 16. The number of phosphoric ester groups is 1. The lowest BCUT2D eigenvalue weighted by molar-refractivity contribution is -0.161. The van der Waals surface area contributed by atoms with Gasteiger partial charge in [0.2, 0.25) is 0 Å². The van der Waals surface area contributed by atoms with Gasteiger partial charge in [0.15, 0.2) is 6.10 Å². The molecule has 0 aliphatic heterocycles. The van der Waals surface area contributed by atoms with Crippen molar-refractivity contribution in [1.82, 2.24) is 0 Å². The normalized spacial score (nSPS) is 14.8. The van der Waals surface area contributed by atoms with Crippen molar-refractivity contribution in [2.24, 2.45) is 0 Å².